The Morgan fingerprint density at radius 3 is 2.56 bits per heavy atom. The van der Waals surface area contributed by atoms with Gasteiger partial charge in [-0.25, -0.2) is 4.79 Å². The van der Waals surface area contributed by atoms with E-state index in [4.69, 9.17) is 0 Å². The Labute approximate surface area is 148 Å². The van der Waals surface area contributed by atoms with Crippen molar-refractivity contribution < 1.29 is 14.4 Å². The minimum absolute atomic E-state index is 0.0465. The predicted molar refractivity (Wildman–Crippen MR) is 95.3 cm³/mol. The molecule has 0 spiro atoms. The van der Waals surface area contributed by atoms with E-state index in [0.717, 1.165) is 29.0 Å². The third kappa shape index (κ3) is 2.79. The molecule has 25 heavy (non-hydrogen) atoms. The fourth-order valence-electron chi connectivity index (χ4n) is 3.83. The molecule has 0 aromatic heterocycles. The zero-order chi connectivity index (χ0) is 18.2. The first-order chi connectivity index (χ1) is 11.9. The van der Waals surface area contributed by atoms with Crippen molar-refractivity contribution in [2.45, 2.75) is 58.0 Å². The molecule has 1 unspecified atom stereocenters. The molecule has 0 bridgehead atoms. The summed E-state index contributed by atoms with van der Waals surface area (Å²) in [6, 6.07) is 7.40. The summed E-state index contributed by atoms with van der Waals surface area (Å²) in [6.45, 7) is 5.53. The first-order valence-electron chi connectivity index (χ1n) is 8.97. The molecule has 2 aliphatic heterocycles. The molecule has 1 N–H and O–H groups in total. The van der Waals surface area contributed by atoms with Crippen LogP contribution in [-0.4, -0.2) is 40.9 Å². The minimum atomic E-state index is -0.872. The van der Waals surface area contributed by atoms with Crippen LogP contribution in [0.4, 0.5) is 10.5 Å². The van der Waals surface area contributed by atoms with Crippen LogP contribution in [0.3, 0.4) is 0 Å². The lowest BCUT2D eigenvalue weighted by Gasteiger charge is -2.36. The Bertz CT molecular complexity index is 712. The number of nitrogens with one attached hydrogen (secondary N) is 1. The average molecular weight is 343 g/mol. The predicted octanol–water partition coefficient (Wildman–Crippen LogP) is 2.46. The first kappa shape index (κ1) is 17.5. The normalized spacial score (nSPS) is 22.0. The summed E-state index contributed by atoms with van der Waals surface area (Å²) in [5, 5.41) is 2.77. The second kappa shape index (κ2) is 6.50. The quantitative estimate of drug-likeness (QED) is 0.854. The second-order valence-electron chi connectivity index (χ2n) is 6.89. The van der Waals surface area contributed by atoms with Crippen LogP contribution in [0, 0.1) is 0 Å². The Kier molecular flexibility index (Phi) is 4.54. The zero-order valence-electron chi connectivity index (χ0n) is 15.0. The smallest absolute Gasteiger partial charge is 0.323 e. The van der Waals surface area contributed by atoms with E-state index in [2.05, 4.69) is 5.32 Å². The number of carbonyl (C=O) groups excluding carboxylic acids is 3. The van der Waals surface area contributed by atoms with Crippen molar-refractivity contribution in [2.75, 3.05) is 11.4 Å². The molecule has 1 aromatic carbocycles. The van der Waals surface area contributed by atoms with Gasteiger partial charge in [0.1, 0.15) is 12.1 Å². The summed E-state index contributed by atoms with van der Waals surface area (Å²) in [6.07, 6.45) is 2.83. The molecule has 1 aromatic rings. The number of carbonyl (C=O) groups is 3. The molecular weight excluding hydrogens is 318 g/mol. The fourth-order valence-corrected chi connectivity index (χ4v) is 3.83. The Morgan fingerprint density at radius 1 is 1.24 bits per heavy atom. The molecule has 1 fully saturated rings. The molecule has 4 amide bonds. The Balaban J connectivity index is 1.83. The van der Waals surface area contributed by atoms with Gasteiger partial charge in [0.2, 0.25) is 5.91 Å². The number of imide groups is 1. The number of hydrogen-bond donors (Lipinski definition) is 1. The SMILES string of the molecule is CCC1(CC)NC(=O)N(CC(=O)N2c3ccccc3CCC2C)C1=O. The summed E-state index contributed by atoms with van der Waals surface area (Å²) < 4.78 is 0. The van der Waals surface area contributed by atoms with Crippen LogP contribution in [0.5, 0.6) is 0 Å². The third-order valence-corrected chi connectivity index (χ3v) is 5.54. The maximum Gasteiger partial charge on any atom is 0.325 e. The minimum Gasteiger partial charge on any atom is -0.323 e. The fraction of sp³-hybridized carbons (Fsp3) is 0.526. The van der Waals surface area contributed by atoms with E-state index in [1.54, 1.807) is 4.90 Å². The maximum absolute atomic E-state index is 13.0. The maximum atomic E-state index is 13.0. The van der Waals surface area contributed by atoms with Gasteiger partial charge in [-0.15, -0.1) is 0 Å². The van der Waals surface area contributed by atoms with E-state index >= 15 is 0 Å². The van der Waals surface area contributed by atoms with Crippen LogP contribution in [0.15, 0.2) is 24.3 Å². The van der Waals surface area contributed by atoms with Gasteiger partial charge in [0.25, 0.3) is 5.91 Å². The van der Waals surface area contributed by atoms with E-state index in [-0.39, 0.29) is 24.4 Å². The van der Waals surface area contributed by atoms with E-state index in [1.807, 2.05) is 45.0 Å². The number of rotatable bonds is 4. The summed E-state index contributed by atoms with van der Waals surface area (Å²) in [7, 11) is 0. The monoisotopic (exact) mass is 343 g/mol. The number of hydrogen-bond acceptors (Lipinski definition) is 3. The number of aryl methyl sites for hydroxylation is 1. The van der Waals surface area contributed by atoms with E-state index in [1.165, 1.54) is 0 Å². The van der Waals surface area contributed by atoms with Crippen LogP contribution in [0.2, 0.25) is 0 Å². The van der Waals surface area contributed by atoms with Crippen LogP contribution in [-0.2, 0) is 16.0 Å². The second-order valence-corrected chi connectivity index (χ2v) is 6.89. The molecule has 3 rings (SSSR count). The Morgan fingerprint density at radius 2 is 1.92 bits per heavy atom. The van der Waals surface area contributed by atoms with Crippen molar-refractivity contribution in [1.29, 1.82) is 0 Å². The van der Waals surface area contributed by atoms with Crippen molar-refractivity contribution in [3.8, 4) is 0 Å². The van der Waals surface area contributed by atoms with Gasteiger partial charge < -0.3 is 10.2 Å². The lowest BCUT2D eigenvalue weighted by atomic mass is 9.93. The molecule has 6 heteroatoms. The summed E-state index contributed by atoms with van der Waals surface area (Å²) in [5.41, 5.74) is 1.14. The largest absolute Gasteiger partial charge is 0.325 e. The number of benzene rings is 1. The van der Waals surface area contributed by atoms with E-state index in [9.17, 15) is 14.4 Å². The van der Waals surface area contributed by atoms with Gasteiger partial charge >= 0.3 is 6.03 Å². The van der Waals surface area contributed by atoms with Crippen LogP contribution in [0.1, 0.15) is 45.6 Å². The molecule has 0 aliphatic carbocycles. The Hall–Kier alpha value is -2.37. The van der Waals surface area contributed by atoms with Gasteiger partial charge in [0.05, 0.1) is 0 Å². The van der Waals surface area contributed by atoms with Gasteiger partial charge in [-0.3, -0.25) is 14.5 Å². The molecular formula is C19H25N3O3. The molecule has 0 saturated carbocycles. The highest BCUT2D eigenvalue weighted by molar-refractivity contribution is 6.10. The van der Waals surface area contributed by atoms with Crippen molar-refractivity contribution in [2.24, 2.45) is 0 Å². The van der Waals surface area contributed by atoms with Gasteiger partial charge in [0.15, 0.2) is 0 Å². The summed E-state index contributed by atoms with van der Waals surface area (Å²) in [4.78, 5) is 40.8. The van der Waals surface area contributed by atoms with Gasteiger partial charge in [-0.2, -0.15) is 0 Å². The molecule has 2 heterocycles. The van der Waals surface area contributed by atoms with Gasteiger partial charge in [0, 0.05) is 11.7 Å². The van der Waals surface area contributed by atoms with E-state index in [0.29, 0.717) is 12.8 Å². The first-order valence-corrected chi connectivity index (χ1v) is 8.97. The van der Waals surface area contributed by atoms with Crippen LogP contribution >= 0.6 is 0 Å². The molecule has 1 atom stereocenters. The highest BCUT2D eigenvalue weighted by Crippen LogP contribution is 2.31. The average Bonchev–Trinajstić information content (AvgIpc) is 2.86. The zero-order valence-corrected chi connectivity index (χ0v) is 15.0. The number of para-hydroxylation sites is 1. The molecule has 6 nitrogen and oxygen atoms in total. The molecule has 1 saturated heterocycles. The summed E-state index contributed by atoms with van der Waals surface area (Å²) >= 11 is 0. The number of urea groups is 1. The van der Waals surface area contributed by atoms with Gasteiger partial charge in [-0.05, 0) is 44.2 Å². The topological polar surface area (TPSA) is 69.7 Å². The van der Waals surface area contributed by atoms with Crippen LogP contribution < -0.4 is 10.2 Å². The highest BCUT2D eigenvalue weighted by Gasteiger charge is 2.49. The number of fused-ring (bicyclic) bond motifs is 1. The molecule has 0 radical (unpaired) electrons. The summed E-state index contributed by atoms with van der Waals surface area (Å²) in [5.74, 6) is -0.514. The standard InChI is InChI=1S/C19H25N3O3/c1-4-19(5-2)17(24)21(18(25)20-19)12-16(23)22-13(3)10-11-14-8-6-7-9-15(14)22/h6-9,13H,4-5,10-12H2,1-3H3,(H,20,25). The van der Waals surface area contributed by atoms with Crippen molar-refractivity contribution in [3.05, 3.63) is 29.8 Å². The highest BCUT2D eigenvalue weighted by atomic mass is 16.2. The van der Waals surface area contributed by atoms with Crippen LogP contribution in [0.25, 0.3) is 0 Å². The third-order valence-electron chi connectivity index (χ3n) is 5.54. The van der Waals surface area contributed by atoms with Crippen molar-refractivity contribution >= 4 is 23.5 Å². The van der Waals surface area contributed by atoms with E-state index < -0.39 is 11.6 Å². The number of amides is 4. The van der Waals surface area contributed by atoms with Crippen molar-refractivity contribution in [1.82, 2.24) is 10.2 Å². The molecule has 2 aliphatic rings. The van der Waals surface area contributed by atoms with Crippen molar-refractivity contribution in [3.63, 3.8) is 0 Å². The lowest BCUT2D eigenvalue weighted by Crippen LogP contribution is -2.49. The lowest BCUT2D eigenvalue weighted by molar-refractivity contribution is -0.134. The number of nitrogens with zero attached hydrogens (tertiary/aromatic N) is 2. The molecule has 134 valence electrons. The van der Waals surface area contributed by atoms with Gasteiger partial charge in [-0.1, -0.05) is 32.0 Å². The number of anilines is 1.